The standard InChI is InChI=1S/C13H22N2OS/c1-2-15-7-4-3-5-11(15)9-13-14-10-12(17-13)6-8-16/h10-11,16H,2-9H2,1H3. The van der Waals surface area contributed by atoms with Crippen molar-refractivity contribution in [3.8, 4) is 0 Å². The van der Waals surface area contributed by atoms with E-state index in [0.717, 1.165) is 19.4 Å². The summed E-state index contributed by atoms with van der Waals surface area (Å²) in [6, 6.07) is 0.682. The predicted molar refractivity (Wildman–Crippen MR) is 71.5 cm³/mol. The molecule has 0 amide bonds. The zero-order valence-corrected chi connectivity index (χ0v) is 11.4. The van der Waals surface area contributed by atoms with Crippen LogP contribution in [-0.4, -0.2) is 40.7 Å². The Kier molecular flexibility index (Phi) is 4.95. The van der Waals surface area contributed by atoms with Crippen LogP contribution in [-0.2, 0) is 12.8 Å². The molecule has 0 aromatic carbocycles. The summed E-state index contributed by atoms with van der Waals surface area (Å²) in [6.07, 6.45) is 7.77. The molecule has 1 fully saturated rings. The number of aliphatic hydroxyl groups excluding tert-OH is 1. The lowest BCUT2D eigenvalue weighted by Crippen LogP contribution is -2.40. The van der Waals surface area contributed by atoms with Crippen LogP contribution in [0.15, 0.2) is 6.20 Å². The van der Waals surface area contributed by atoms with Crippen molar-refractivity contribution in [3.63, 3.8) is 0 Å². The molecule has 17 heavy (non-hydrogen) atoms. The number of nitrogens with zero attached hydrogens (tertiary/aromatic N) is 2. The van der Waals surface area contributed by atoms with Gasteiger partial charge in [0.1, 0.15) is 0 Å². The molecule has 1 N–H and O–H groups in total. The van der Waals surface area contributed by atoms with Crippen LogP contribution in [0.3, 0.4) is 0 Å². The highest BCUT2D eigenvalue weighted by Crippen LogP contribution is 2.22. The largest absolute Gasteiger partial charge is 0.396 e. The molecular formula is C13H22N2OS. The molecule has 3 nitrogen and oxygen atoms in total. The van der Waals surface area contributed by atoms with Crippen molar-refractivity contribution in [2.45, 2.75) is 45.1 Å². The van der Waals surface area contributed by atoms with Gasteiger partial charge in [0.25, 0.3) is 0 Å². The minimum atomic E-state index is 0.228. The number of piperidine rings is 1. The Labute approximate surface area is 107 Å². The quantitative estimate of drug-likeness (QED) is 0.874. The molecule has 1 aromatic heterocycles. The number of thiazole rings is 1. The fourth-order valence-corrected chi connectivity index (χ4v) is 3.56. The molecule has 0 spiro atoms. The molecule has 2 rings (SSSR count). The summed E-state index contributed by atoms with van der Waals surface area (Å²) in [5, 5.41) is 10.1. The Bertz CT molecular complexity index is 340. The number of aliphatic hydroxyl groups is 1. The first-order valence-corrected chi connectivity index (χ1v) is 7.43. The Morgan fingerprint density at radius 3 is 3.18 bits per heavy atom. The van der Waals surface area contributed by atoms with Crippen molar-refractivity contribution >= 4 is 11.3 Å². The summed E-state index contributed by atoms with van der Waals surface area (Å²) in [6.45, 7) is 4.87. The number of hydrogen-bond acceptors (Lipinski definition) is 4. The molecule has 1 aliphatic rings. The van der Waals surface area contributed by atoms with Gasteiger partial charge in [-0.1, -0.05) is 13.3 Å². The average molecular weight is 254 g/mol. The minimum Gasteiger partial charge on any atom is -0.396 e. The van der Waals surface area contributed by atoms with Gasteiger partial charge in [-0.05, 0) is 25.9 Å². The van der Waals surface area contributed by atoms with E-state index in [9.17, 15) is 0 Å². The van der Waals surface area contributed by atoms with Crippen molar-refractivity contribution in [1.82, 2.24) is 9.88 Å². The normalized spacial score (nSPS) is 21.9. The van der Waals surface area contributed by atoms with Gasteiger partial charge in [0.15, 0.2) is 0 Å². The second-order valence-electron chi connectivity index (χ2n) is 4.68. The van der Waals surface area contributed by atoms with Crippen LogP contribution >= 0.6 is 11.3 Å². The lowest BCUT2D eigenvalue weighted by molar-refractivity contribution is 0.155. The number of likely N-dealkylation sites (tertiary alicyclic amines) is 1. The van der Waals surface area contributed by atoms with Crippen molar-refractivity contribution in [3.05, 3.63) is 16.1 Å². The highest BCUT2D eigenvalue weighted by Gasteiger charge is 2.22. The van der Waals surface area contributed by atoms with Crippen molar-refractivity contribution in [2.24, 2.45) is 0 Å². The van der Waals surface area contributed by atoms with Gasteiger partial charge >= 0.3 is 0 Å². The van der Waals surface area contributed by atoms with Crippen LogP contribution in [0.4, 0.5) is 0 Å². The molecule has 1 unspecified atom stereocenters. The van der Waals surface area contributed by atoms with E-state index < -0.39 is 0 Å². The third-order valence-corrected chi connectivity index (χ3v) is 4.60. The molecule has 4 heteroatoms. The molecule has 0 radical (unpaired) electrons. The van der Waals surface area contributed by atoms with E-state index in [1.807, 2.05) is 6.20 Å². The summed E-state index contributed by atoms with van der Waals surface area (Å²) in [4.78, 5) is 8.27. The lowest BCUT2D eigenvalue weighted by Gasteiger charge is -2.34. The van der Waals surface area contributed by atoms with Crippen LogP contribution in [0.25, 0.3) is 0 Å². The predicted octanol–water partition coefficient (Wildman–Crippen LogP) is 2.09. The Morgan fingerprint density at radius 1 is 1.53 bits per heavy atom. The second kappa shape index (κ2) is 6.47. The third-order valence-electron chi connectivity index (χ3n) is 3.53. The van der Waals surface area contributed by atoms with Gasteiger partial charge in [0.05, 0.1) is 5.01 Å². The number of hydrogen-bond donors (Lipinski definition) is 1. The smallest absolute Gasteiger partial charge is 0.0943 e. The van der Waals surface area contributed by atoms with Gasteiger partial charge in [-0.15, -0.1) is 11.3 Å². The van der Waals surface area contributed by atoms with Crippen molar-refractivity contribution in [2.75, 3.05) is 19.7 Å². The highest BCUT2D eigenvalue weighted by atomic mass is 32.1. The van der Waals surface area contributed by atoms with Crippen molar-refractivity contribution in [1.29, 1.82) is 0 Å². The molecule has 0 saturated carbocycles. The maximum Gasteiger partial charge on any atom is 0.0943 e. The zero-order chi connectivity index (χ0) is 12.1. The second-order valence-corrected chi connectivity index (χ2v) is 5.88. The van der Waals surface area contributed by atoms with Crippen LogP contribution in [0, 0.1) is 0 Å². The molecule has 1 saturated heterocycles. The van der Waals surface area contributed by atoms with Gasteiger partial charge in [-0.25, -0.2) is 4.98 Å². The SMILES string of the molecule is CCN1CCCCC1Cc1ncc(CCO)s1. The summed E-state index contributed by atoms with van der Waals surface area (Å²) in [5.41, 5.74) is 0. The molecular weight excluding hydrogens is 232 g/mol. The van der Waals surface area contributed by atoms with Gasteiger partial charge in [-0.2, -0.15) is 0 Å². The third kappa shape index (κ3) is 3.50. The van der Waals surface area contributed by atoms with Gasteiger partial charge < -0.3 is 10.0 Å². The van der Waals surface area contributed by atoms with E-state index in [2.05, 4.69) is 16.8 Å². The number of rotatable bonds is 5. The summed E-state index contributed by atoms with van der Waals surface area (Å²) >= 11 is 1.77. The number of aromatic nitrogens is 1. The summed E-state index contributed by atoms with van der Waals surface area (Å²) in [5.74, 6) is 0. The molecule has 96 valence electrons. The maximum absolute atomic E-state index is 8.90. The minimum absolute atomic E-state index is 0.228. The topological polar surface area (TPSA) is 36.4 Å². The Balaban J connectivity index is 1.93. The molecule has 0 bridgehead atoms. The summed E-state index contributed by atoms with van der Waals surface area (Å²) in [7, 11) is 0. The van der Waals surface area contributed by atoms with Crippen LogP contribution in [0.5, 0.6) is 0 Å². The fraction of sp³-hybridized carbons (Fsp3) is 0.769. The zero-order valence-electron chi connectivity index (χ0n) is 10.6. The van der Waals surface area contributed by atoms with E-state index in [1.165, 1.54) is 35.7 Å². The molecule has 0 aliphatic carbocycles. The molecule has 1 atom stereocenters. The average Bonchev–Trinajstić information content (AvgIpc) is 2.78. The van der Waals surface area contributed by atoms with Crippen LogP contribution in [0.1, 0.15) is 36.1 Å². The van der Waals surface area contributed by atoms with E-state index in [4.69, 9.17) is 5.11 Å². The maximum atomic E-state index is 8.90. The molecule has 1 aromatic rings. The van der Waals surface area contributed by atoms with Gasteiger partial charge in [-0.3, -0.25) is 0 Å². The van der Waals surface area contributed by atoms with E-state index >= 15 is 0 Å². The molecule has 1 aliphatic heterocycles. The lowest BCUT2D eigenvalue weighted by atomic mass is 10.00. The first-order valence-electron chi connectivity index (χ1n) is 6.62. The Hall–Kier alpha value is -0.450. The van der Waals surface area contributed by atoms with Crippen LogP contribution < -0.4 is 0 Å². The first-order chi connectivity index (χ1) is 8.33. The first kappa shape index (κ1) is 13.0. The fourth-order valence-electron chi connectivity index (χ4n) is 2.58. The van der Waals surface area contributed by atoms with Gasteiger partial charge in [0.2, 0.25) is 0 Å². The van der Waals surface area contributed by atoms with E-state index in [1.54, 1.807) is 11.3 Å². The van der Waals surface area contributed by atoms with Gasteiger partial charge in [0, 0.05) is 36.6 Å². The monoisotopic (exact) mass is 254 g/mol. The van der Waals surface area contributed by atoms with Crippen molar-refractivity contribution < 1.29 is 5.11 Å². The van der Waals surface area contributed by atoms with E-state index in [-0.39, 0.29) is 6.61 Å². The Morgan fingerprint density at radius 2 is 2.41 bits per heavy atom. The van der Waals surface area contributed by atoms with Crippen LogP contribution in [0.2, 0.25) is 0 Å². The highest BCUT2D eigenvalue weighted by molar-refractivity contribution is 7.11. The molecule has 2 heterocycles. The summed E-state index contributed by atoms with van der Waals surface area (Å²) < 4.78 is 0. The number of likely N-dealkylation sites (N-methyl/N-ethyl adjacent to an activating group) is 1. The van der Waals surface area contributed by atoms with E-state index in [0.29, 0.717) is 6.04 Å².